The summed E-state index contributed by atoms with van der Waals surface area (Å²) in [7, 11) is 1.63. The topological polar surface area (TPSA) is 34.1 Å². The van der Waals surface area contributed by atoms with Crippen LogP contribution in [0.4, 0.5) is 4.39 Å². The largest absolute Gasteiger partial charge is 0.383 e. The van der Waals surface area contributed by atoms with Crippen LogP contribution in [0, 0.1) is 5.82 Å². The number of hydrogen-bond acceptors (Lipinski definition) is 3. The molecular weight excluding hydrogens is 231 g/mol. The molecule has 1 unspecified atom stereocenters. The van der Waals surface area contributed by atoms with E-state index in [-0.39, 0.29) is 11.2 Å². The van der Waals surface area contributed by atoms with Gasteiger partial charge >= 0.3 is 0 Å². The first-order valence-electron chi connectivity index (χ1n) is 5.15. The van der Waals surface area contributed by atoms with Gasteiger partial charge in [0.25, 0.3) is 0 Å². The van der Waals surface area contributed by atoms with Gasteiger partial charge in [-0.2, -0.15) is 0 Å². The Bertz CT molecular complexity index is 312. The molecule has 0 saturated heterocycles. The van der Waals surface area contributed by atoms with Gasteiger partial charge in [-0.05, 0) is 24.6 Å². The Morgan fingerprint density at radius 1 is 1.56 bits per heavy atom. The lowest BCUT2D eigenvalue weighted by molar-refractivity contribution is 0.195. The maximum atomic E-state index is 12.8. The molecule has 0 radical (unpaired) electrons. The predicted octanol–water partition coefficient (Wildman–Crippen LogP) is 1.95. The molecule has 0 aliphatic heterocycles. The molecule has 0 saturated carbocycles. The number of ether oxygens (including phenoxy) is 1. The third kappa shape index (κ3) is 5.39. The molecule has 90 valence electrons. The van der Waals surface area contributed by atoms with E-state index < -0.39 is 0 Å². The van der Waals surface area contributed by atoms with E-state index in [0.29, 0.717) is 13.2 Å². The van der Waals surface area contributed by atoms with Crippen LogP contribution in [-0.4, -0.2) is 30.6 Å². The van der Waals surface area contributed by atoms with Crippen molar-refractivity contribution in [1.29, 1.82) is 0 Å². The molecule has 1 aromatic rings. The van der Waals surface area contributed by atoms with Gasteiger partial charge in [-0.3, -0.25) is 4.98 Å². The quantitative estimate of drug-likeness (QED) is 0.590. The molecule has 0 aliphatic rings. The highest BCUT2D eigenvalue weighted by atomic mass is 35.5. The lowest BCUT2D eigenvalue weighted by atomic mass is 10.2. The molecule has 1 heterocycles. The highest BCUT2D eigenvalue weighted by Gasteiger charge is 2.03. The van der Waals surface area contributed by atoms with Gasteiger partial charge in [0.05, 0.1) is 18.2 Å². The number of aromatic nitrogens is 1. The minimum Gasteiger partial charge on any atom is -0.383 e. The molecule has 5 heteroatoms. The SMILES string of the molecule is COCC(Cl)CCNCc1cncc(F)c1. The zero-order valence-electron chi connectivity index (χ0n) is 9.25. The van der Waals surface area contributed by atoms with Crippen LogP contribution in [0.15, 0.2) is 18.5 Å². The first kappa shape index (κ1) is 13.4. The Morgan fingerprint density at radius 3 is 3.06 bits per heavy atom. The lowest BCUT2D eigenvalue weighted by Crippen LogP contribution is -2.20. The van der Waals surface area contributed by atoms with Gasteiger partial charge in [0, 0.05) is 19.9 Å². The average Bonchev–Trinajstić information content (AvgIpc) is 2.25. The van der Waals surface area contributed by atoms with Crippen molar-refractivity contribution in [2.24, 2.45) is 0 Å². The molecule has 3 nitrogen and oxygen atoms in total. The van der Waals surface area contributed by atoms with Gasteiger partial charge in [-0.25, -0.2) is 4.39 Å². The smallest absolute Gasteiger partial charge is 0.141 e. The second-order valence-electron chi connectivity index (χ2n) is 3.53. The van der Waals surface area contributed by atoms with Gasteiger partial charge in [0.2, 0.25) is 0 Å². The number of alkyl halides is 1. The van der Waals surface area contributed by atoms with Crippen LogP contribution in [0.5, 0.6) is 0 Å². The molecule has 1 rings (SSSR count). The van der Waals surface area contributed by atoms with Gasteiger partial charge in [-0.15, -0.1) is 11.6 Å². The number of hydrogen-bond donors (Lipinski definition) is 1. The van der Waals surface area contributed by atoms with Crippen molar-refractivity contribution in [3.63, 3.8) is 0 Å². The van der Waals surface area contributed by atoms with Gasteiger partial charge < -0.3 is 10.1 Å². The van der Waals surface area contributed by atoms with Crippen molar-refractivity contribution in [2.45, 2.75) is 18.3 Å². The summed E-state index contributed by atoms with van der Waals surface area (Å²) in [5.74, 6) is -0.311. The fraction of sp³-hybridized carbons (Fsp3) is 0.545. The number of nitrogens with one attached hydrogen (secondary N) is 1. The lowest BCUT2D eigenvalue weighted by Gasteiger charge is -2.09. The van der Waals surface area contributed by atoms with E-state index in [4.69, 9.17) is 16.3 Å². The van der Waals surface area contributed by atoms with E-state index >= 15 is 0 Å². The van der Waals surface area contributed by atoms with E-state index in [1.54, 1.807) is 13.3 Å². The third-order valence-corrected chi connectivity index (χ3v) is 2.42. The number of nitrogens with zero attached hydrogens (tertiary/aromatic N) is 1. The number of pyridine rings is 1. The van der Waals surface area contributed by atoms with Crippen molar-refractivity contribution in [3.05, 3.63) is 29.8 Å². The number of methoxy groups -OCH3 is 1. The molecule has 0 aliphatic carbocycles. The zero-order chi connectivity index (χ0) is 11.8. The Kier molecular flexibility index (Phi) is 6.30. The highest BCUT2D eigenvalue weighted by Crippen LogP contribution is 2.02. The van der Waals surface area contributed by atoms with Crippen LogP contribution in [0.3, 0.4) is 0 Å². The summed E-state index contributed by atoms with van der Waals surface area (Å²) >= 11 is 5.95. The highest BCUT2D eigenvalue weighted by molar-refractivity contribution is 6.20. The zero-order valence-corrected chi connectivity index (χ0v) is 10.0. The normalized spacial score (nSPS) is 12.7. The van der Waals surface area contributed by atoms with Crippen LogP contribution >= 0.6 is 11.6 Å². The fourth-order valence-corrected chi connectivity index (χ4v) is 1.54. The summed E-state index contributed by atoms with van der Waals surface area (Å²) in [5.41, 5.74) is 0.831. The standard InChI is InChI=1S/C11H16ClFN2O/c1-16-8-10(12)2-3-14-5-9-4-11(13)7-15-6-9/h4,6-7,10,14H,2-3,5,8H2,1H3. The van der Waals surface area contributed by atoms with E-state index in [1.165, 1.54) is 12.3 Å². The van der Waals surface area contributed by atoms with Crippen LogP contribution in [0.2, 0.25) is 0 Å². The molecule has 16 heavy (non-hydrogen) atoms. The molecule has 1 aromatic heterocycles. The molecule has 0 fully saturated rings. The summed E-state index contributed by atoms with van der Waals surface area (Å²) < 4.78 is 17.7. The molecular formula is C11H16ClFN2O. The monoisotopic (exact) mass is 246 g/mol. The number of rotatable bonds is 7. The molecule has 0 amide bonds. The van der Waals surface area contributed by atoms with Gasteiger partial charge in [0.15, 0.2) is 0 Å². The molecule has 0 spiro atoms. The summed E-state index contributed by atoms with van der Waals surface area (Å²) in [5, 5.41) is 3.19. The molecule has 1 atom stereocenters. The van der Waals surface area contributed by atoms with Crippen molar-refractivity contribution in [3.8, 4) is 0 Å². The summed E-state index contributed by atoms with van der Waals surface area (Å²) in [4.78, 5) is 3.77. The fourth-order valence-electron chi connectivity index (χ4n) is 1.31. The first-order chi connectivity index (χ1) is 7.72. The van der Waals surface area contributed by atoms with E-state index in [9.17, 15) is 4.39 Å². The first-order valence-corrected chi connectivity index (χ1v) is 5.59. The number of halogens is 2. The van der Waals surface area contributed by atoms with Crippen LogP contribution in [0.25, 0.3) is 0 Å². The van der Waals surface area contributed by atoms with Crippen molar-refractivity contribution in [2.75, 3.05) is 20.3 Å². The minimum atomic E-state index is -0.311. The second-order valence-corrected chi connectivity index (χ2v) is 4.15. The Hall–Kier alpha value is -0.710. The molecule has 0 bridgehead atoms. The van der Waals surface area contributed by atoms with Gasteiger partial charge in [0.1, 0.15) is 5.82 Å². The van der Waals surface area contributed by atoms with Crippen molar-refractivity contribution < 1.29 is 9.13 Å². The van der Waals surface area contributed by atoms with Crippen LogP contribution in [0.1, 0.15) is 12.0 Å². The predicted molar refractivity (Wildman–Crippen MR) is 62.0 cm³/mol. The molecule has 1 N–H and O–H groups in total. The Labute approximate surface area is 100.0 Å². The Balaban J connectivity index is 2.16. The summed E-state index contributed by atoms with van der Waals surface area (Å²) in [6, 6.07) is 1.47. The van der Waals surface area contributed by atoms with E-state index in [0.717, 1.165) is 18.5 Å². The van der Waals surface area contributed by atoms with E-state index in [1.807, 2.05) is 0 Å². The average molecular weight is 247 g/mol. The van der Waals surface area contributed by atoms with E-state index in [2.05, 4.69) is 10.3 Å². The van der Waals surface area contributed by atoms with Crippen LogP contribution < -0.4 is 5.32 Å². The second kappa shape index (κ2) is 7.54. The van der Waals surface area contributed by atoms with Crippen LogP contribution in [-0.2, 0) is 11.3 Å². The minimum absolute atomic E-state index is 0.0168. The summed E-state index contributed by atoms with van der Waals surface area (Å²) in [6.45, 7) is 1.92. The molecule has 0 aromatic carbocycles. The summed E-state index contributed by atoms with van der Waals surface area (Å²) in [6.07, 6.45) is 3.65. The van der Waals surface area contributed by atoms with Crippen molar-refractivity contribution in [1.82, 2.24) is 10.3 Å². The maximum Gasteiger partial charge on any atom is 0.141 e. The van der Waals surface area contributed by atoms with Crippen molar-refractivity contribution >= 4 is 11.6 Å². The third-order valence-electron chi connectivity index (χ3n) is 2.07. The Morgan fingerprint density at radius 2 is 2.38 bits per heavy atom. The maximum absolute atomic E-state index is 12.8. The van der Waals surface area contributed by atoms with Gasteiger partial charge in [-0.1, -0.05) is 0 Å².